The van der Waals surface area contributed by atoms with Crippen LogP contribution < -0.4 is 11.1 Å². The molecule has 3 nitrogen and oxygen atoms in total. The van der Waals surface area contributed by atoms with Gasteiger partial charge in [-0.15, -0.1) is 0 Å². The fraction of sp³-hybridized carbons (Fsp3) is 0. The molecular formula is C13H10BrFN2O. The molecule has 0 aromatic heterocycles. The topological polar surface area (TPSA) is 55.1 Å². The maximum atomic E-state index is 12.9. The minimum atomic E-state index is -0.468. The number of hydrogen-bond donors (Lipinski definition) is 2. The van der Waals surface area contributed by atoms with Crippen molar-refractivity contribution in [1.82, 2.24) is 0 Å². The molecule has 3 N–H and O–H groups in total. The van der Waals surface area contributed by atoms with E-state index in [1.165, 1.54) is 12.1 Å². The van der Waals surface area contributed by atoms with Gasteiger partial charge in [-0.3, -0.25) is 4.79 Å². The molecular weight excluding hydrogens is 299 g/mol. The normalized spacial score (nSPS) is 10.1. The molecule has 0 fully saturated rings. The largest absolute Gasteiger partial charge is 0.398 e. The van der Waals surface area contributed by atoms with Crippen LogP contribution in [0.25, 0.3) is 0 Å². The lowest BCUT2D eigenvalue weighted by Crippen LogP contribution is -2.14. The number of anilines is 2. The Balaban J connectivity index is 2.25. The van der Waals surface area contributed by atoms with Crippen molar-refractivity contribution in [3.8, 4) is 0 Å². The van der Waals surface area contributed by atoms with E-state index in [0.29, 0.717) is 5.69 Å². The van der Waals surface area contributed by atoms with E-state index in [2.05, 4.69) is 21.2 Å². The fourth-order valence-corrected chi connectivity index (χ4v) is 1.88. The highest BCUT2D eigenvalue weighted by Crippen LogP contribution is 2.23. The zero-order valence-corrected chi connectivity index (χ0v) is 10.9. The van der Waals surface area contributed by atoms with Crippen molar-refractivity contribution in [1.29, 1.82) is 0 Å². The van der Waals surface area contributed by atoms with Gasteiger partial charge in [-0.25, -0.2) is 4.39 Å². The fourth-order valence-electron chi connectivity index (χ4n) is 1.49. The Morgan fingerprint density at radius 1 is 1.22 bits per heavy atom. The second-order valence-corrected chi connectivity index (χ2v) is 4.52. The van der Waals surface area contributed by atoms with Crippen LogP contribution in [-0.4, -0.2) is 5.91 Å². The maximum Gasteiger partial charge on any atom is 0.257 e. The van der Waals surface area contributed by atoms with Gasteiger partial charge in [0.25, 0.3) is 5.91 Å². The molecule has 0 bridgehead atoms. The van der Waals surface area contributed by atoms with Gasteiger partial charge in [-0.05, 0) is 46.3 Å². The molecule has 0 radical (unpaired) electrons. The van der Waals surface area contributed by atoms with Crippen LogP contribution >= 0.6 is 15.9 Å². The molecule has 5 heteroatoms. The number of carbonyl (C=O) groups is 1. The molecule has 2 aromatic rings. The number of amides is 1. The Labute approximate surface area is 112 Å². The molecule has 2 aromatic carbocycles. The summed E-state index contributed by atoms with van der Waals surface area (Å²) < 4.78 is 13.6. The lowest BCUT2D eigenvalue weighted by Gasteiger charge is -2.08. The predicted molar refractivity (Wildman–Crippen MR) is 72.9 cm³/mol. The van der Waals surface area contributed by atoms with Gasteiger partial charge in [-0.2, -0.15) is 0 Å². The predicted octanol–water partition coefficient (Wildman–Crippen LogP) is 3.42. The standard InChI is InChI=1S/C13H10BrFN2O/c14-10-3-1-2-4-12(10)17-13(18)9-6-5-8(15)7-11(9)16/h1-7H,16H2,(H,17,18). The second kappa shape index (κ2) is 5.18. The summed E-state index contributed by atoms with van der Waals surface area (Å²) in [5.41, 5.74) is 6.59. The lowest BCUT2D eigenvalue weighted by molar-refractivity contribution is 0.102. The van der Waals surface area contributed by atoms with Gasteiger partial charge in [0.15, 0.2) is 0 Å². The van der Waals surface area contributed by atoms with Crippen molar-refractivity contribution in [2.45, 2.75) is 0 Å². The summed E-state index contributed by atoms with van der Waals surface area (Å²) in [6.45, 7) is 0. The molecule has 0 aliphatic rings. The van der Waals surface area contributed by atoms with Gasteiger partial charge < -0.3 is 11.1 Å². The first-order valence-corrected chi connectivity index (χ1v) is 5.98. The van der Waals surface area contributed by atoms with Crippen molar-refractivity contribution in [2.24, 2.45) is 0 Å². The SMILES string of the molecule is Nc1cc(F)ccc1C(=O)Nc1ccccc1Br. The maximum absolute atomic E-state index is 12.9. The van der Waals surface area contributed by atoms with E-state index in [9.17, 15) is 9.18 Å². The summed E-state index contributed by atoms with van der Waals surface area (Å²) in [7, 11) is 0. The first kappa shape index (κ1) is 12.6. The van der Waals surface area contributed by atoms with Crippen molar-refractivity contribution in [3.63, 3.8) is 0 Å². The molecule has 0 aliphatic heterocycles. The second-order valence-electron chi connectivity index (χ2n) is 3.67. The highest BCUT2D eigenvalue weighted by molar-refractivity contribution is 9.10. The van der Waals surface area contributed by atoms with Crippen molar-refractivity contribution >= 4 is 33.2 Å². The van der Waals surface area contributed by atoms with E-state index in [-0.39, 0.29) is 17.2 Å². The summed E-state index contributed by atoms with van der Waals surface area (Å²) in [6, 6.07) is 10.9. The number of benzene rings is 2. The Morgan fingerprint density at radius 2 is 1.94 bits per heavy atom. The minimum Gasteiger partial charge on any atom is -0.398 e. The van der Waals surface area contributed by atoms with Gasteiger partial charge >= 0.3 is 0 Å². The summed E-state index contributed by atoms with van der Waals surface area (Å²) in [5, 5.41) is 2.70. The molecule has 92 valence electrons. The molecule has 0 saturated carbocycles. The quantitative estimate of drug-likeness (QED) is 0.835. The molecule has 0 unspecified atom stereocenters. The number of hydrogen-bond acceptors (Lipinski definition) is 2. The third-order valence-corrected chi connectivity index (χ3v) is 3.07. The van der Waals surface area contributed by atoms with Gasteiger partial charge in [0.2, 0.25) is 0 Å². The van der Waals surface area contributed by atoms with Gasteiger partial charge in [0, 0.05) is 10.2 Å². The summed E-state index contributed by atoms with van der Waals surface area (Å²) >= 11 is 3.32. The van der Waals surface area contributed by atoms with Crippen LogP contribution in [0.5, 0.6) is 0 Å². The van der Waals surface area contributed by atoms with Gasteiger partial charge in [0.1, 0.15) is 5.82 Å². The summed E-state index contributed by atoms with van der Waals surface area (Å²) in [6.07, 6.45) is 0. The molecule has 1 amide bonds. The Hall–Kier alpha value is -1.88. The van der Waals surface area contributed by atoms with Crippen molar-refractivity contribution in [3.05, 3.63) is 58.3 Å². The van der Waals surface area contributed by atoms with Gasteiger partial charge in [0.05, 0.1) is 11.3 Å². The lowest BCUT2D eigenvalue weighted by atomic mass is 10.1. The van der Waals surface area contributed by atoms with Crippen LogP contribution in [0.4, 0.5) is 15.8 Å². The van der Waals surface area contributed by atoms with E-state index in [4.69, 9.17) is 5.73 Å². The molecule has 18 heavy (non-hydrogen) atoms. The minimum absolute atomic E-state index is 0.111. The van der Waals surface area contributed by atoms with Crippen LogP contribution in [-0.2, 0) is 0 Å². The Bertz CT molecular complexity index is 601. The first-order chi connectivity index (χ1) is 8.58. The van der Waals surface area contributed by atoms with Crippen molar-refractivity contribution in [2.75, 3.05) is 11.1 Å². The zero-order valence-electron chi connectivity index (χ0n) is 9.28. The molecule has 0 spiro atoms. The molecule has 0 atom stereocenters. The Kier molecular flexibility index (Phi) is 3.62. The monoisotopic (exact) mass is 308 g/mol. The van der Waals surface area contributed by atoms with E-state index in [0.717, 1.165) is 10.5 Å². The van der Waals surface area contributed by atoms with E-state index in [1.807, 2.05) is 12.1 Å². The van der Waals surface area contributed by atoms with Crippen LogP contribution in [0.2, 0.25) is 0 Å². The summed E-state index contributed by atoms with van der Waals surface area (Å²) in [5.74, 6) is -0.843. The number of nitrogens with two attached hydrogens (primary N) is 1. The third kappa shape index (κ3) is 2.68. The highest BCUT2D eigenvalue weighted by atomic mass is 79.9. The number of para-hydroxylation sites is 1. The van der Waals surface area contributed by atoms with Crippen LogP contribution in [0.1, 0.15) is 10.4 Å². The number of halogens is 2. The average Bonchev–Trinajstić information content (AvgIpc) is 2.32. The molecule has 0 heterocycles. The van der Waals surface area contributed by atoms with Gasteiger partial charge in [-0.1, -0.05) is 12.1 Å². The van der Waals surface area contributed by atoms with E-state index < -0.39 is 5.82 Å². The molecule has 0 aliphatic carbocycles. The smallest absolute Gasteiger partial charge is 0.257 e. The van der Waals surface area contributed by atoms with Crippen molar-refractivity contribution < 1.29 is 9.18 Å². The van der Waals surface area contributed by atoms with E-state index >= 15 is 0 Å². The van der Waals surface area contributed by atoms with Crippen LogP contribution in [0.3, 0.4) is 0 Å². The third-order valence-electron chi connectivity index (χ3n) is 2.38. The average molecular weight is 309 g/mol. The molecule has 0 saturated heterocycles. The number of carbonyl (C=O) groups excluding carboxylic acids is 1. The summed E-state index contributed by atoms with van der Waals surface area (Å²) in [4.78, 5) is 12.0. The Morgan fingerprint density at radius 3 is 2.61 bits per heavy atom. The number of nitrogen functional groups attached to an aromatic ring is 1. The highest BCUT2D eigenvalue weighted by Gasteiger charge is 2.11. The zero-order chi connectivity index (χ0) is 13.1. The van der Waals surface area contributed by atoms with E-state index in [1.54, 1.807) is 12.1 Å². The van der Waals surface area contributed by atoms with Crippen LogP contribution in [0, 0.1) is 5.82 Å². The number of nitrogens with one attached hydrogen (secondary N) is 1. The number of rotatable bonds is 2. The first-order valence-electron chi connectivity index (χ1n) is 5.19. The molecule has 2 rings (SSSR count). The van der Waals surface area contributed by atoms with Crippen LogP contribution in [0.15, 0.2) is 46.9 Å².